The predicted octanol–water partition coefficient (Wildman–Crippen LogP) is 3.51. The van der Waals surface area contributed by atoms with E-state index in [2.05, 4.69) is 30.1 Å². The molecule has 1 aliphatic carbocycles. The van der Waals surface area contributed by atoms with Gasteiger partial charge >= 0.3 is 5.97 Å². The molecule has 3 rings (SSSR count). The standard InChI is InChI=1S/C18H19NO2/c1-19(12-13-5-7-15(8-6-13)18(20)21)17-10-9-14-3-2-4-16(14)11-17/h5-11H,2-4,12H2,1H3,(H,20,21). The number of carboxylic acid groups (broad SMARTS) is 1. The van der Waals surface area contributed by atoms with Crippen molar-refractivity contribution in [1.82, 2.24) is 0 Å². The maximum absolute atomic E-state index is 10.9. The fraction of sp³-hybridized carbons (Fsp3) is 0.278. The van der Waals surface area contributed by atoms with Crippen molar-refractivity contribution in [2.75, 3.05) is 11.9 Å². The van der Waals surface area contributed by atoms with Gasteiger partial charge in [0.15, 0.2) is 0 Å². The number of aromatic carboxylic acids is 1. The van der Waals surface area contributed by atoms with Crippen LogP contribution in [0.4, 0.5) is 5.69 Å². The molecule has 2 aromatic carbocycles. The third kappa shape index (κ3) is 2.92. The maximum Gasteiger partial charge on any atom is 0.335 e. The molecule has 3 nitrogen and oxygen atoms in total. The van der Waals surface area contributed by atoms with Crippen LogP contribution in [0.1, 0.15) is 33.5 Å². The van der Waals surface area contributed by atoms with E-state index in [4.69, 9.17) is 5.11 Å². The van der Waals surface area contributed by atoms with Gasteiger partial charge in [-0.3, -0.25) is 0 Å². The molecular weight excluding hydrogens is 262 g/mol. The molecule has 0 bridgehead atoms. The van der Waals surface area contributed by atoms with Crippen molar-refractivity contribution in [3.63, 3.8) is 0 Å². The summed E-state index contributed by atoms with van der Waals surface area (Å²) in [6.07, 6.45) is 3.65. The van der Waals surface area contributed by atoms with E-state index in [0.29, 0.717) is 5.56 Å². The van der Waals surface area contributed by atoms with Gasteiger partial charge in [0.05, 0.1) is 5.56 Å². The summed E-state index contributed by atoms with van der Waals surface area (Å²) in [5.74, 6) is -0.881. The van der Waals surface area contributed by atoms with Crippen molar-refractivity contribution in [2.24, 2.45) is 0 Å². The van der Waals surface area contributed by atoms with E-state index in [1.807, 2.05) is 12.1 Å². The van der Waals surface area contributed by atoms with Crippen molar-refractivity contribution in [3.8, 4) is 0 Å². The average molecular weight is 281 g/mol. The third-order valence-corrected chi connectivity index (χ3v) is 4.14. The van der Waals surface area contributed by atoms with E-state index in [-0.39, 0.29) is 0 Å². The highest BCUT2D eigenvalue weighted by Gasteiger charge is 2.12. The molecule has 0 fully saturated rings. The second-order valence-electron chi connectivity index (χ2n) is 5.66. The molecule has 0 heterocycles. The molecule has 0 unspecified atom stereocenters. The maximum atomic E-state index is 10.9. The number of carbonyl (C=O) groups is 1. The first kappa shape index (κ1) is 13.7. The minimum absolute atomic E-state index is 0.332. The van der Waals surface area contributed by atoms with E-state index < -0.39 is 5.97 Å². The van der Waals surface area contributed by atoms with Crippen LogP contribution < -0.4 is 4.90 Å². The van der Waals surface area contributed by atoms with Gasteiger partial charge < -0.3 is 10.0 Å². The zero-order valence-corrected chi connectivity index (χ0v) is 12.2. The Balaban J connectivity index is 1.73. The first-order valence-corrected chi connectivity index (χ1v) is 7.28. The van der Waals surface area contributed by atoms with Gasteiger partial charge in [-0.15, -0.1) is 0 Å². The van der Waals surface area contributed by atoms with Crippen molar-refractivity contribution >= 4 is 11.7 Å². The van der Waals surface area contributed by atoms with Gasteiger partial charge in [0.25, 0.3) is 0 Å². The molecule has 1 aliphatic rings. The van der Waals surface area contributed by atoms with Crippen LogP contribution in [0, 0.1) is 0 Å². The van der Waals surface area contributed by atoms with Crippen molar-refractivity contribution in [2.45, 2.75) is 25.8 Å². The van der Waals surface area contributed by atoms with Gasteiger partial charge in [-0.1, -0.05) is 18.2 Å². The molecular formula is C18H19NO2. The molecule has 21 heavy (non-hydrogen) atoms. The number of aryl methyl sites for hydroxylation is 2. The second-order valence-corrected chi connectivity index (χ2v) is 5.66. The molecule has 3 heteroatoms. The molecule has 0 spiro atoms. The highest BCUT2D eigenvalue weighted by Crippen LogP contribution is 2.27. The Kier molecular flexibility index (Phi) is 3.65. The lowest BCUT2D eigenvalue weighted by molar-refractivity contribution is 0.0697. The lowest BCUT2D eigenvalue weighted by Crippen LogP contribution is -2.16. The normalized spacial score (nSPS) is 13.0. The highest BCUT2D eigenvalue weighted by atomic mass is 16.4. The van der Waals surface area contributed by atoms with E-state index in [1.54, 1.807) is 12.1 Å². The average Bonchev–Trinajstić information content (AvgIpc) is 2.95. The van der Waals surface area contributed by atoms with Crippen LogP contribution >= 0.6 is 0 Å². The summed E-state index contributed by atoms with van der Waals surface area (Å²) in [7, 11) is 2.07. The first-order valence-electron chi connectivity index (χ1n) is 7.28. The van der Waals surface area contributed by atoms with Gasteiger partial charge in [0.1, 0.15) is 0 Å². The Hall–Kier alpha value is -2.29. The Labute approximate surface area is 124 Å². The summed E-state index contributed by atoms with van der Waals surface area (Å²) in [6, 6.07) is 13.8. The van der Waals surface area contributed by atoms with E-state index >= 15 is 0 Å². The lowest BCUT2D eigenvalue weighted by Gasteiger charge is -2.20. The number of nitrogens with zero attached hydrogens (tertiary/aromatic N) is 1. The number of rotatable bonds is 4. The SMILES string of the molecule is CN(Cc1ccc(C(=O)O)cc1)c1ccc2c(c1)CCC2. The summed E-state index contributed by atoms with van der Waals surface area (Å²) < 4.78 is 0. The zero-order chi connectivity index (χ0) is 14.8. The Morgan fingerprint density at radius 3 is 2.52 bits per heavy atom. The quantitative estimate of drug-likeness (QED) is 0.932. The molecule has 0 aromatic heterocycles. The smallest absolute Gasteiger partial charge is 0.335 e. The Morgan fingerprint density at radius 1 is 1.10 bits per heavy atom. The number of fused-ring (bicyclic) bond motifs is 1. The number of hydrogen-bond donors (Lipinski definition) is 1. The highest BCUT2D eigenvalue weighted by molar-refractivity contribution is 5.87. The van der Waals surface area contributed by atoms with Crippen molar-refractivity contribution in [1.29, 1.82) is 0 Å². The van der Waals surface area contributed by atoms with Gasteiger partial charge in [0.2, 0.25) is 0 Å². The lowest BCUT2D eigenvalue weighted by atomic mass is 10.1. The number of carboxylic acids is 1. The van der Waals surface area contributed by atoms with Gasteiger partial charge in [-0.25, -0.2) is 4.79 Å². The van der Waals surface area contributed by atoms with Gasteiger partial charge in [-0.2, -0.15) is 0 Å². The summed E-state index contributed by atoms with van der Waals surface area (Å²) in [5, 5.41) is 8.91. The van der Waals surface area contributed by atoms with Crippen LogP contribution in [-0.4, -0.2) is 18.1 Å². The Morgan fingerprint density at radius 2 is 1.81 bits per heavy atom. The third-order valence-electron chi connectivity index (χ3n) is 4.14. The summed E-state index contributed by atoms with van der Waals surface area (Å²) in [6.45, 7) is 0.776. The van der Waals surface area contributed by atoms with Crippen LogP contribution in [0.25, 0.3) is 0 Å². The molecule has 0 atom stereocenters. The van der Waals surface area contributed by atoms with Crippen molar-refractivity contribution in [3.05, 3.63) is 64.7 Å². The molecule has 2 aromatic rings. The van der Waals surface area contributed by atoms with E-state index in [1.165, 1.54) is 36.1 Å². The van der Waals surface area contributed by atoms with Crippen molar-refractivity contribution < 1.29 is 9.90 Å². The fourth-order valence-corrected chi connectivity index (χ4v) is 2.91. The largest absolute Gasteiger partial charge is 0.478 e. The predicted molar refractivity (Wildman–Crippen MR) is 84.0 cm³/mol. The summed E-state index contributed by atoms with van der Waals surface area (Å²) in [4.78, 5) is 13.1. The Bertz CT molecular complexity index is 661. The van der Waals surface area contributed by atoms with Crippen LogP contribution in [0.15, 0.2) is 42.5 Å². The van der Waals surface area contributed by atoms with Crippen LogP contribution in [0.5, 0.6) is 0 Å². The van der Waals surface area contributed by atoms with Gasteiger partial charge in [0, 0.05) is 19.3 Å². The zero-order valence-electron chi connectivity index (χ0n) is 12.2. The van der Waals surface area contributed by atoms with E-state index in [9.17, 15) is 4.79 Å². The second kappa shape index (κ2) is 5.60. The molecule has 0 saturated heterocycles. The van der Waals surface area contributed by atoms with Crippen LogP contribution in [0.2, 0.25) is 0 Å². The van der Waals surface area contributed by atoms with Crippen LogP contribution in [-0.2, 0) is 19.4 Å². The first-order chi connectivity index (χ1) is 10.1. The minimum Gasteiger partial charge on any atom is -0.478 e. The fourth-order valence-electron chi connectivity index (χ4n) is 2.91. The molecule has 0 amide bonds. The summed E-state index contributed by atoms with van der Waals surface area (Å²) >= 11 is 0. The summed E-state index contributed by atoms with van der Waals surface area (Å²) in [5.41, 5.74) is 5.62. The number of hydrogen-bond acceptors (Lipinski definition) is 2. The minimum atomic E-state index is -0.881. The topological polar surface area (TPSA) is 40.5 Å². The molecule has 0 radical (unpaired) electrons. The number of benzene rings is 2. The number of anilines is 1. The van der Waals surface area contributed by atoms with Crippen LogP contribution in [0.3, 0.4) is 0 Å². The van der Waals surface area contributed by atoms with E-state index in [0.717, 1.165) is 12.1 Å². The van der Waals surface area contributed by atoms with Gasteiger partial charge in [-0.05, 0) is 60.2 Å². The molecule has 0 saturated carbocycles. The molecule has 108 valence electrons. The molecule has 0 aliphatic heterocycles. The molecule has 1 N–H and O–H groups in total. The monoisotopic (exact) mass is 281 g/mol.